The van der Waals surface area contributed by atoms with Gasteiger partial charge < -0.3 is 15.8 Å². The highest BCUT2D eigenvalue weighted by Gasteiger charge is 2.04. The number of nitrogens with two attached hydrogens (primary N) is 1. The van der Waals surface area contributed by atoms with Crippen LogP contribution < -0.4 is 15.8 Å². The highest BCUT2D eigenvalue weighted by molar-refractivity contribution is 7.80. The van der Waals surface area contributed by atoms with Crippen molar-refractivity contribution < 1.29 is 4.74 Å². The molecule has 0 aliphatic rings. The summed E-state index contributed by atoms with van der Waals surface area (Å²) in [4.78, 5) is 4.41. The highest BCUT2D eigenvalue weighted by Crippen LogP contribution is 2.29. The molecule has 0 atom stereocenters. The molecule has 4 nitrogen and oxygen atoms in total. The Morgan fingerprint density at radius 3 is 2.74 bits per heavy atom. The molecule has 19 heavy (non-hydrogen) atoms. The zero-order chi connectivity index (χ0) is 13.8. The quantitative estimate of drug-likeness (QED) is 0.848. The van der Waals surface area contributed by atoms with Gasteiger partial charge in [0.1, 0.15) is 10.7 Å². The summed E-state index contributed by atoms with van der Waals surface area (Å²) in [5.74, 6) is 0.722. The lowest BCUT2D eigenvalue weighted by Crippen LogP contribution is -2.11. The largest absolute Gasteiger partial charge is 0.497 e. The van der Waals surface area contributed by atoms with Crippen molar-refractivity contribution >= 4 is 40.2 Å². The van der Waals surface area contributed by atoms with Crippen LogP contribution in [0.3, 0.4) is 0 Å². The number of thiocarbonyl (C=S) groups is 1. The van der Waals surface area contributed by atoms with Crippen LogP contribution in [0.2, 0.25) is 5.02 Å². The summed E-state index contributed by atoms with van der Waals surface area (Å²) in [7, 11) is 1.60. The second kappa shape index (κ2) is 5.86. The van der Waals surface area contributed by atoms with Gasteiger partial charge >= 0.3 is 0 Å². The van der Waals surface area contributed by atoms with Gasteiger partial charge in [-0.15, -0.1) is 0 Å². The SMILES string of the molecule is COc1ccc(Cl)c(Nc2ccc(C(N)=S)nc2)c1. The normalized spacial score (nSPS) is 10.0. The molecule has 2 rings (SSSR count). The molecule has 0 fully saturated rings. The molecule has 2 aromatic rings. The van der Waals surface area contributed by atoms with E-state index in [1.165, 1.54) is 0 Å². The van der Waals surface area contributed by atoms with Crippen LogP contribution >= 0.6 is 23.8 Å². The van der Waals surface area contributed by atoms with Crippen LogP contribution in [0.1, 0.15) is 5.69 Å². The van der Waals surface area contributed by atoms with Gasteiger partial charge in [0.05, 0.1) is 35.4 Å². The van der Waals surface area contributed by atoms with Gasteiger partial charge in [0.15, 0.2) is 0 Å². The van der Waals surface area contributed by atoms with Crippen molar-refractivity contribution in [1.82, 2.24) is 4.98 Å². The zero-order valence-corrected chi connectivity index (χ0v) is 11.8. The van der Waals surface area contributed by atoms with E-state index in [-0.39, 0.29) is 4.99 Å². The summed E-state index contributed by atoms with van der Waals surface area (Å²) in [5, 5.41) is 3.75. The fourth-order valence-electron chi connectivity index (χ4n) is 1.50. The van der Waals surface area contributed by atoms with Crippen LogP contribution in [0.25, 0.3) is 0 Å². The first-order valence-corrected chi connectivity index (χ1v) is 6.25. The van der Waals surface area contributed by atoms with E-state index in [1.807, 2.05) is 12.1 Å². The van der Waals surface area contributed by atoms with Crippen molar-refractivity contribution in [3.05, 3.63) is 47.2 Å². The first-order chi connectivity index (χ1) is 9.10. The monoisotopic (exact) mass is 293 g/mol. The lowest BCUT2D eigenvalue weighted by molar-refractivity contribution is 0.415. The minimum Gasteiger partial charge on any atom is -0.497 e. The molecule has 0 spiro atoms. The number of nitrogens with zero attached hydrogens (tertiary/aromatic N) is 1. The number of pyridine rings is 1. The molecule has 0 aliphatic heterocycles. The van der Waals surface area contributed by atoms with Gasteiger partial charge in [0, 0.05) is 6.07 Å². The maximum absolute atomic E-state index is 6.11. The Labute approximate surface area is 121 Å². The van der Waals surface area contributed by atoms with E-state index in [0.717, 1.165) is 17.1 Å². The van der Waals surface area contributed by atoms with Crippen molar-refractivity contribution in [2.45, 2.75) is 0 Å². The summed E-state index contributed by atoms with van der Waals surface area (Å²) < 4.78 is 5.15. The first kappa shape index (κ1) is 13.6. The molecule has 0 aliphatic carbocycles. The van der Waals surface area contributed by atoms with Crippen molar-refractivity contribution in [2.75, 3.05) is 12.4 Å². The average Bonchev–Trinajstić information content (AvgIpc) is 2.42. The predicted molar refractivity (Wildman–Crippen MR) is 81.4 cm³/mol. The minimum atomic E-state index is 0.269. The molecule has 6 heteroatoms. The Kier molecular flexibility index (Phi) is 4.19. The Hall–Kier alpha value is -1.85. The van der Waals surface area contributed by atoms with Crippen LogP contribution in [-0.4, -0.2) is 17.1 Å². The van der Waals surface area contributed by atoms with Crippen LogP contribution in [0.5, 0.6) is 5.75 Å². The van der Waals surface area contributed by atoms with Crippen LogP contribution in [-0.2, 0) is 0 Å². The predicted octanol–water partition coefficient (Wildman–Crippen LogP) is 3.12. The van der Waals surface area contributed by atoms with Crippen LogP contribution in [0.4, 0.5) is 11.4 Å². The Morgan fingerprint density at radius 2 is 2.16 bits per heavy atom. The molecule has 98 valence electrons. The Morgan fingerprint density at radius 1 is 1.37 bits per heavy atom. The van der Waals surface area contributed by atoms with E-state index in [0.29, 0.717) is 10.7 Å². The van der Waals surface area contributed by atoms with E-state index in [2.05, 4.69) is 10.3 Å². The molecule has 1 heterocycles. The lowest BCUT2D eigenvalue weighted by Gasteiger charge is -2.10. The molecule has 0 unspecified atom stereocenters. The summed E-state index contributed by atoms with van der Waals surface area (Å²) in [6, 6.07) is 8.95. The molecule has 0 saturated carbocycles. The van der Waals surface area contributed by atoms with Gasteiger partial charge in [-0.1, -0.05) is 23.8 Å². The van der Waals surface area contributed by atoms with Gasteiger partial charge in [-0.3, -0.25) is 4.98 Å². The number of benzene rings is 1. The third-order valence-corrected chi connectivity index (χ3v) is 3.01. The maximum atomic E-state index is 6.11. The van der Waals surface area contributed by atoms with Crippen LogP contribution in [0, 0.1) is 0 Å². The standard InChI is InChI=1S/C13H12ClN3OS/c1-18-9-3-4-10(14)12(6-9)17-8-2-5-11(13(15)19)16-7-8/h2-7,17H,1H3,(H2,15,19). The molecule has 0 amide bonds. The number of nitrogens with one attached hydrogen (secondary N) is 1. The minimum absolute atomic E-state index is 0.269. The maximum Gasteiger partial charge on any atom is 0.122 e. The fourth-order valence-corrected chi connectivity index (χ4v) is 1.78. The van der Waals surface area contributed by atoms with E-state index in [9.17, 15) is 0 Å². The summed E-state index contributed by atoms with van der Waals surface area (Å²) in [6.07, 6.45) is 1.64. The number of aromatic nitrogens is 1. The van der Waals surface area contributed by atoms with Crippen molar-refractivity contribution in [2.24, 2.45) is 5.73 Å². The second-order valence-corrected chi connectivity index (χ2v) is 4.61. The number of methoxy groups -OCH3 is 1. The van der Waals surface area contributed by atoms with Gasteiger partial charge in [0.2, 0.25) is 0 Å². The number of hydrogen-bond donors (Lipinski definition) is 2. The van der Waals surface area contributed by atoms with Gasteiger partial charge in [0.25, 0.3) is 0 Å². The number of halogens is 1. The number of anilines is 2. The molecule has 0 radical (unpaired) electrons. The number of rotatable bonds is 4. The number of ether oxygens (including phenoxy) is 1. The van der Waals surface area contributed by atoms with Gasteiger partial charge in [-0.05, 0) is 24.3 Å². The Bertz CT molecular complexity index is 601. The molecule has 1 aromatic heterocycles. The van der Waals surface area contributed by atoms with Crippen molar-refractivity contribution in [1.29, 1.82) is 0 Å². The molecular formula is C13H12ClN3OS. The Balaban J connectivity index is 2.23. The first-order valence-electron chi connectivity index (χ1n) is 5.46. The molecule has 0 saturated heterocycles. The second-order valence-electron chi connectivity index (χ2n) is 3.77. The van der Waals surface area contributed by atoms with E-state index in [1.54, 1.807) is 31.5 Å². The summed E-state index contributed by atoms with van der Waals surface area (Å²) in [6.45, 7) is 0. The fraction of sp³-hybridized carbons (Fsp3) is 0.0769. The molecule has 3 N–H and O–H groups in total. The summed E-state index contributed by atoms with van der Waals surface area (Å²) in [5.41, 5.74) is 7.60. The summed E-state index contributed by atoms with van der Waals surface area (Å²) >= 11 is 11.0. The third kappa shape index (κ3) is 3.33. The van der Waals surface area contributed by atoms with Crippen molar-refractivity contribution in [3.63, 3.8) is 0 Å². The number of hydrogen-bond acceptors (Lipinski definition) is 4. The molecule has 1 aromatic carbocycles. The topological polar surface area (TPSA) is 60.2 Å². The molecular weight excluding hydrogens is 282 g/mol. The van der Waals surface area contributed by atoms with Crippen molar-refractivity contribution in [3.8, 4) is 5.75 Å². The molecule has 0 bridgehead atoms. The third-order valence-electron chi connectivity index (χ3n) is 2.47. The van der Waals surface area contributed by atoms with Crippen LogP contribution in [0.15, 0.2) is 36.5 Å². The average molecular weight is 294 g/mol. The van der Waals surface area contributed by atoms with E-state index >= 15 is 0 Å². The smallest absolute Gasteiger partial charge is 0.122 e. The van der Waals surface area contributed by atoms with Gasteiger partial charge in [-0.2, -0.15) is 0 Å². The van der Waals surface area contributed by atoms with E-state index in [4.69, 9.17) is 34.3 Å². The highest BCUT2D eigenvalue weighted by atomic mass is 35.5. The van der Waals surface area contributed by atoms with E-state index < -0.39 is 0 Å². The van der Waals surface area contributed by atoms with Gasteiger partial charge in [-0.25, -0.2) is 0 Å². The lowest BCUT2D eigenvalue weighted by atomic mass is 10.2. The zero-order valence-electron chi connectivity index (χ0n) is 10.2.